The number of rotatable bonds is 8. The van der Waals surface area contributed by atoms with Gasteiger partial charge in [-0.1, -0.05) is 102 Å². The fraction of sp³-hybridized carbons (Fsp3) is 0.133. The summed E-state index contributed by atoms with van der Waals surface area (Å²) in [5.41, 5.74) is 5.13. The van der Waals surface area contributed by atoms with Crippen LogP contribution in [-0.2, 0) is 17.8 Å². The molecular formula is C30H26N2O2S. The van der Waals surface area contributed by atoms with Crippen LogP contribution in [0, 0.1) is 0 Å². The van der Waals surface area contributed by atoms with Gasteiger partial charge in [0, 0.05) is 0 Å². The number of aromatic nitrogens is 1. The molecule has 0 aliphatic carbocycles. The lowest BCUT2D eigenvalue weighted by Gasteiger charge is -2.20. The number of hydrogen-bond acceptors (Lipinski definition) is 4. The molecule has 0 bridgehead atoms. The summed E-state index contributed by atoms with van der Waals surface area (Å²) in [5.74, 6) is 0.759. The van der Waals surface area contributed by atoms with Gasteiger partial charge in [0.2, 0.25) is 5.91 Å². The van der Waals surface area contributed by atoms with E-state index in [4.69, 9.17) is 9.72 Å². The maximum Gasteiger partial charge on any atom is 0.233 e. The van der Waals surface area contributed by atoms with E-state index in [1.54, 1.807) is 4.90 Å². The van der Waals surface area contributed by atoms with Crippen LogP contribution in [0.1, 0.15) is 18.1 Å². The Kier molecular flexibility index (Phi) is 6.87. The van der Waals surface area contributed by atoms with Crippen LogP contribution in [0.3, 0.4) is 0 Å². The highest BCUT2D eigenvalue weighted by Gasteiger charge is 2.21. The van der Waals surface area contributed by atoms with Gasteiger partial charge in [-0.3, -0.25) is 9.69 Å². The lowest BCUT2D eigenvalue weighted by atomic mass is 10.0. The summed E-state index contributed by atoms with van der Waals surface area (Å²) in [6.45, 7) is 2.99. The van der Waals surface area contributed by atoms with Crippen molar-refractivity contribution in [2.24, 2.45) is 0 Å². The standard InChI is InChI=1S/C30H26N2O2S/c1-2-34-26-14-9-15-27-29(26)31-30(35-27)32(21-23-10-5-3-6-11-23)28(33)20-22-16-18-25(19-17-22)24-12-7-4-8-13-24/h3-19H,2,20-21H2,1H3. The molecule has 174 valence electrons. The van der Waals surface area contributed by atoms with Crippen molar-refractivity contribution in [3.05, 3.63) is 114 Å². The number of hydrogen-bond donors (Lipinski definition) is 0. The molecule has 4 aromatic carbocycles. The third-order valence-corrected chi connectivity index (χ3v) is 6.85. The van der Waals surface area contributed by atoms with Gasteiger partial charge in [0.05, 0.1) is 24.3 Å². The molecule has 0 radical (unpaired) electrons. The van der Waals surface area contributed by atoms with Gasteiger partial charge in [-0.2, -0.15) is 0 Å². The summed E-state index contributed by atoms with van der Waals surface area (Å²) in [7, 11) is 0. The minimum Gasteiger partial charge on any atom is -0.492 e. The molecule has 0 fully saturated rings. The lowest BCUT2D eigenvalue weighted by molar-refractivity contribution is -0.118. The van der Waals surface area contributed by atoms with E-state index in [2.05, 4.69) is 24.3 Å². The van der Waals surface area contributed by atoms with E-state index in [0.717, 1.165) is 38.2 Å². The van der Waals surface area contributed by atoms with E-state index in [9.17, 15) is 4.79 Å². The number of ether oxygens (including phenoxy) is 1. The van der Waals surface area contributed by atoms with E-state index >= 15 is 0 Å². The van der Waals surface area contributed by atoms with Gasteiger partial charge in [-0.05, 0) is 41.3 Å². The Balaban J connectivity index is 1.44. The van der Waals surface area contributed by atoms with Crippen molar-refractivity contribution in [1.29, 1.82) is 0 Å². The zero-order valence-corrected chi connectivity index (χ0v) is 20.4. The summed E-state index contributed by atoms with van der Waals surface area (Å²) in [4.78, 5) is 20.3. The molecule has 5 aromatic rings. The summed E-state index contributed by atoms with van der Waals surface area (Å²) in [6, 6.07) is 34.4. The van der Waals surface area contributed by atoms with E-state index in [-0.39, 0.29) is 5.91 Å². The Morgan fingerprint density at radius 3 is 2.20 bits per heavy atom. The molecule has 0 aliphatic heterocycles. The van der Waals surface area contributed by atoms with Crippen molar-refractivity contribution in [1.82, 2.24) is 4.98 Å². The number of benzene rings is 4. The molecule has 0 aliphatic rings. The van der Waals surface area contributed by atoms with E-state index in [0.29, 0.717) is 24.7 Å². The molecule has 5 heteroatoms. The number of amides is 1. The Bertz CT molecular complexity index is 1410. The molecule has 4 nitrogen and oxygen atoms in total. The molecule has 0 saturated heterocycles. The Morgan fingerprint density at radius 1 is 0.800 bits per heavy atom. The normalized spacial score (nSPS) is 10.9. The molecule has 0 N–H and O–H groups in total. The monoisotopic (exact) mass is 478 g/mol. The molecule has 0 atom stereocenters. The first-order valence-electron chi connectivity index (χ1n) is 11.7. The van der Waals surface area contributed by atoms with Crippen molar-refractivity contribution in [2.45, 2.75) is 19.9 Å². The highest BCUT2D eigenvalue weighted by atomic mass is 32.1. The molecule has 1 amide bonds. The number of anilines is 1. The predicted octanol–water partition coefficient (Wildman–Crippen LogP) is 7.14. The van der Waals surface area contributed by atoms with Gasteiger partial charge in [-0.25, -0.2) is 4.98 Å². The van der Waals surface area contributed by atoms with Gasteiger partial charge in [0.25, 0.3) is 0 Å². The van der Waals surface area contributed by atoms with Gasteiger partial charge >= 0.3 is 0 Å². The summed E-state index contributed by atoms with van der Waals surface area (Å²) >= 11 is 1.52. The quantitative estimate of drug-likeness (QED) is 0.238. The number of carbonyl (C=O) groups is 1. The fourth-order valence-electron chi connectivity index (χ4n) is 4.04. The molecule has 0 spiro atoms. The van der Waals surface area contributed by atoms with Gasteiger partial charge in [-0.15, -0.1) is 0 Å². The fourth-order valence-corrected chi connectivity index (χ4v) is 5.04. The number of nitrogens with zero attached hydrogens (tertiary/aromatic N) is 2. The second kappa shape index (κ2) is 10.5. The molecule has 1 aromatic heterocycles. The predicted molar refractivity (Wildman–Crippen MR) is 144 cm³/mol. The lowest BCUT2D eigenvalue weighted by Crippen LogP contribution is -2.31. The largest absolute Gasteiger partial charge is 0.492 e. The highest BCUT2D eigenvalue weighted by molar-refractivity contribution is 7.22. The maximum absolute atomic E-state index is 13.6. The summed E-state index contributed by atoms with van der Waals surface area (Å²) in [6.07, 6.45) is 0.302. The van der Waals surface area contributed by atoms with E-state index in [1.165, 1.54) is 11.3 Å². The third kappa shape index (κ3) is 5.26. The van der Waals surface area contributed by atoms with Crippen molar-refractivity contribution in [2.75, 3.05) is 11.5 Å². The van der Waals surface area contributed by atoms with E-state index < -0.39 is 0 Å². The van der Waals surface area contributed by atoms with Gasteiger partial charge in [0.15, 0.2) is 5.13 Å². The Labute approximate surface area is 209 Å². The average Bonchev–Trinajstić information content (AvgIpc) is 3.34. The van der Waals surface area contributed by atoms with Crippen LogP contribution in [0.15, 0.2) is 103 Å². The minimum absolute atomic E-state index is 0.0123. The van der Waals surface area contributed by atoms with Crippen LogP contribution in [0.5, 0.6) is 5.75 Å². The van der Waals surface area contributed by atoms with Crippen LogP contribution in [0.2, 0.25) is 0 Å². The van der Waals surface area contributed by atoms with Crippen molar-refractivity contribution in [3.8, 4) is 16.9 Å². The number of thiazole rings is 1. The second-order valence-electron chi connectivity index (χ2n) is 8.24. The first-order chi connectivity index (χ1) is 17.2. The molecule has 5 rings (SSSR count). The first kappa shape index (κ1) is 22.8. The molecular weight excluding hydrogens is 452 g/mol. The van der Waals surface area contributed by atoms with Crippen molar-refractivity contribution >= 4 is 32.6 Å². The maximum atomic E-state index is 13.6. The van der Waals surface area contributed by atoms with Crippen LogP contribution in [0.25, 0.3) is 21.3 Å². The summed E-state index contributed by atoms with van der Waals surface area (Å²) < 4.78 is 6.78. The smallest absolute Gasteiger partial charge is 0.233 e. The zero-order chi connectivity index (χ0) is 24.0. The Hall–Kier alpha value is -3.96. The number of carbonyl (C=O) groups excluding carboxylic acids is 1. The Morgan fingerprint density at radius 2 is 1.49 bits per heavy atom. The van der Waals surface area contributed by atoms with E-state index in [1.807, 2.05) is 85.8 Å². The van der Waals surface area contributed by atoms with Gasteiger partial charge < -0.3 is 4.74 Å². The second-order valence-corrected chi connectivity index (χ2v) is 9.25. The van der Waals surface area contributed by atoms with Crippen LogP contribution in [0.4, 0.5) is 5.13 Å². The SMILES string of the molecule is CCOc1cccc2sc(N(Cc3ccccc3)C(=O)Cc3ccc(-c4ccccc4)cc3)nc12. The van der Waals surface area contributed by atoms with Crippen molar-refractivity contribution in [3.63, 3.8) is 0 Å². The number of para-hydroxylation sites is 1. The topological polar surface area (TPSA) is 42.4 Å². The molecule has 1 heterocycles. The molecule has 0 unspecified atom stereocenters. The van der Waals surface area contributed by atoms with Crippen LogP contribution in [-0.4, -0.2) is 17.5 Å². The summed E-state index contributed by atoms with van der Waals surface area (Å²) in [5, 5.41) is 0.682. The highest BCUT2D eigenvalue weighted by Crippen LogP contribution is 2.35. The van der Waals surface area contributed by atoms with Gasteiger partial charge in [0.1, 0.15) is 11.3 Å². The average molecular weight is 479 g/mol. The van der Waals surface area contributed by atoms with Crippen LogP contribution >= 0.6 is 11.3 Å². The number of fused-ring (bicyclic) bond motifs is 1. The molecule has 35 heavy (non-hydrogen) atoms. The van der Waals surface area contributed by atoms with Crippen molar-refractivity contribution < 1.29 is 9.53 Å². The third-order valence-electron chi connectivity index (χ3n) is 5.80. The molecule has 0 saturated carbocycles. The zero-order valence-electron chi connectivity index (χ0n) is 19.6. The minimum atomic E-state index is 0.0123. The first-order valence-corrected chi connectivity index (χ1v) is 12.5. The van der Waals surface area contributed by atoms with Crippen LogP contribution < -0.4 is 9.64 Å².